The normalized spacial score (nSPS) is 11.0. The van der Waals surface area contributed by atoms with E-state index in [0.717, 1.165) is 20.1 Å². The monoisotopic (exact) mass is 429 g/mol. The summed E-state index contributed by atoms with van der Waals surface area (Å²) in [5, 5.41) is 4.08. The van der Waals surface area contributed by atoms with Gasteiger partial charge in [0, 0.05) is 20.6 Å². The number of nitrogens with one attached hydrogen (secondary N) is 1. The van der Waals surface area contributed by atoms with Crippen LogP contribution in [0.5, 0.6) is 0 Å². The van der Waals surface area contributed by atoms with Gasteiger partial charge >= 0.3 is 5.97 Å². The summed E-state index contributed by atoms with van der Waals surface area (Å²) in [7, 11) is 0. The lowest BCUT2D eigenvalue weighted by Gasteiger charge is -2.05. The minimum Gasteiger partial charge on any atom is -0.462 e. The highest BCUT2D eigenvalue weighted by Gasteiger charge is 2.20. The lowest BCUT2D eigenvalue weighted by molar-refractivity contribution is -0.111. The molecule has 132 valence electrons. The van der Waals surface area contributed by atoms with Gasteiger partial charge in [-0.05, 0) is 36.8 Å². The second-order valence-corrected chi connectivity index (χ2v) is 7.36. The van der Waals surface area contributed by atoms with Crippen LogP contribution in [0.3, 0.4) is 0 Å². The van der Waals surface area contributed by atoms with Crippen molar-refractivity contribution in [2.24, 2.45) is 0 Å². The molecule has 1 amide bonds. The van der Waals surface area contributed by atoms with Crippen molar-refractivity contribution in [2.45, 2.75) is 6.92 Å². The van der Waals surface area contributed by atoms with Crippen molar-refractivity contribution >= 4 is 60.3 Å². The standard InChI is InChI=1S/C20H16BrNO3S/c1-2-25-20(24)18-15-5-3-4-6-16(15)26-19(18)22-17(23)12-9-13-7-10-14(21)11-8-13/h3-12H,2H2,1H3,(H,22,23). The van der Waals surface area contributed by atoms with E-state index >= 15 is 0 Å². The highest BCUT2D eigenvalue weighted by Crippen LogP contribution is 2.36. The first-order valence-electron chi connectivity index (χ1n) is 8.01. The van der Waals surface area contributed by atoms with Crippen LogP contribution in [0.15, 0.2) is 59.1 Å². The summed E-state index contributed by atoms with van der Waals surface area (Å²) in [6.07, 6.45) is 3.17. The Morgan fingerprint density at radius 3 is 2.62 bits per heavy atom. The van der Waals surface area contributed by atoms with Crippen LogP contribution >= 0.6 is 27.3 Å². The lowest BCUT2D eigenvalue weighted by Crippen LogP contribution is -2.12. The van der Waals surface area contributed by atoms with Crippen LogP contribution in [-0.2, 0) is 9.53 Å². The third-order valence-corrected chi connectivity index (χ3v) is 5.22. The van der Waals surface area contributed by atoms with Crippen molar-refractivity contribution in [2.75, 3.05) is 11.9 Å². The van der Waals surface area contributed by atoms with Crippen molar-refractivity contribution < 1.29 is 14.3 Å². The van der Waals surface area contributed by atoms with Crippen LogP contribution in [-0.4, -0.2) is 18.5 Å². The fraction of sp³-hybridized carbons (Fsp3) is 0.100. The molecule has 2 aromatic carbocycles. The number of carbonyl (C=O) groups excluding carboxylic acids is 2. The van der Waals surface area contributed by atoms with Gasteiger partial charge in [0.1, 0.15) is 10.6 Å². The molecule has 3 aromatic rings. The van der Waals surface area contributed by atoms with Gasteiger partial charge < -0.3 is 10.1 Å². The Labute approximate surface area is 163 Å². The van der Waals surface area contributed by atoms with E-state index in [-0.39, 0.29) is 12.5 Å². The molecule has 1 aromatic heterocycles. The molecule has 26 heavy (non-hydrogen) atoms. The number of carbonyl (C=O) groups is 2. The number of benzene rings is 2. The zero-order valence-electron chi connectivity index (χ0n) is 14.0. The minimum absolute atomic E-state index is 0.278. The third-order valence-electron chi connectivity index (χ3n) is 3.61. The molecule has 0 aliphatic rings. The predicted molar refractivity (Wildman–Crippen MR) is 110 cm³/mol. The first-order valence-corrected chi connectivity index (χ1v) is 9.62. The molecular weight excluding hydrogens is 414 g/mol. The number of thiophene rings is 1. The van der Waals surface area contributed by atoms with E-state index in [1.54, 1.807) is 13.0 Å². The maximum atomic E-state index is 12.3. The van der Waals surface area contributed by atoms with Gasteiger partial charge in [0.05, 0.1) is 6.61 Å². The molecule has 0 bridgehead atoms. The Hall–Kier alpha value is -2.44. The first kappa shape index (κ1) is 18.4. The maximum absolute atomic E-state index is 12.3. The SMILES string of the molecule is CCOC(=O)c1c(NC(=O)C=Cc2ccc(Br)cc2)sc2ccccc12. The Morgan fingerprint density at radius 2 is 1.88 bits per heavy atom. The van der Waals surface area contributed by atoms with Gasteiger partial charge in [0.2, 0.25) is 5.91 Å². The summed E-state index contributed by atoms with van der Waals surface area (Å²) >= 11 is 4.73. The predicted octanol–water partition coefficient (Wildman–Crippen LogP) is 5.49. The maximum Gasteiger partial charge on any atom is 0.341 e. The van der Waals surface area contributed by atoms with E-state index < -0.39 is 5.97 Å². The molecule has 0 radical (unpaired) electrons. The van der Waals surface area contributed by atoms with Crippen LogP contribution in [0, 0.1) is 0 Å². The number of anilines is 1. The number of rotatable bonds is 5. The molecule has 0 spiro atoms. The number of hydrogen-bond acceptors (Lipinski definition) is 4. The van der Waals surface area contributed by atoms with E-state index in [1.165, 1.54) is 17.4 Å². The average Bonchev–Trinajstić information content (AvgIpc) is 2.99. The van der Waals surface area contributed by atoms with Gasteiger partial charge in [0.15, 0.2) is 0 Å². The fourth-order valence-electron chi connectivity index (χ4n) is 2.44. The largest absolute Gasteiger partial charge is 0.462 e. The van der Waals surface area contributed by atoms with Gasteiger partial charge in [-0.15, -0.1) is 11.3 Å². The molecule has 6 heteroatoms. The van der Waals surface area contributed by atoms with E-state index in [1.807, 2.05) is 48.5 Å². The van der Waals surface area contributed by atoms with Gasteiger partial charge in [0.25, 0.3) is 0 Å². The van der Waals surface area contributed by atoms with Gasteiger partial charge in [-0.2, -0.15) is 0 Å². The molecule has 3 rings (SSSR count). The number of amides is 1. The number of esters is 1. The summed E-state index contributed by atoms with van der Waals surface area (Å²) in [4.78, 5) is 24.7. The number of ether oxygens (including phenoxy) is 1. The molecule has 1 heterocycles. The minimum atomic E-state index is -0.433. The molecule has 0 aliphatic heterocycles. The topological polar surface area (TPSA) is 55.4 Å². The van der Waals surface area contributed by atoms with Gasteiger partial charge in [-0.25, -0.2) is 4.79 Å². The van der Waals surface area contributed by atoms with Crippen LogP contribution in [0.4, 0.5) is 5.00 Å². The zero-order chi connectivity index (χ0) is 18.5. The van der Waals surface area contributed by atoms with E-state index in [4.69, 9.17) is 4.74 Å². The molecule has 0 atom stereocenters. The first-order chi connectivity index (χ1) is 12.6. The fourth-order valence-corrected chi connectivity index (χ4v) is 3.80. The second kappa shape index (κ2) is 8.29. The number of fused-ring (bicyclic) bond motifs is 1. The van der Waals surface area contributed by atoms with E-state index in [2.05, 4.69) is 21.2 Å². The molecule has 1 N–H and O–H groups in total. The Kier molecular flexibility index (Phi) is 5.85. The van der Waals surface area contributed by atoms with Gasteiger partial charge in [-0.3, -0.25) is 4.79 Å². The molecule has 0 aliphatic carbocycles. The summed E-state index contributed by atoms with van der Waals surface area (Å²) < 4.78 is 7.05. The Morgan fingerprint density at radius 1 is 1.15 bits per heavy atom. The van der Waals surface area contributed by atoms with E-state index in [9.17, 15) is 9.59 Å². The van der Waals surface area contributed by atoms with Crippen molar-refractivity contribution in [3.8, 4) is 0 Å². The smallest absolute Gasteiger partial charge is 0.341 e. The Balaban J connectivity index is 1.85. The van der Waals surface area contributed by atoms with Gasteiger partial charge in [-0.1, -0.05) is 46.3 Å². The highest BCUT2D eigenvalue weighted by molar-refractivity contribution is 9.10. The van der Waals surface area contributed by atoms with Crippen molar-refractivity contribution in [1.82, 2.24) is 0 Å². The van der Waals surface area contributed by atoms with Crippen LogP contribution in [0.1, 0.15) is 22.8 Å². The third kappa shape index (κ3) is 4.20. The van der Waals surface area contributed by atoms with Crippen LogP contribution in [0.2, 0.25) is 0 Å². The van der Waals surface area contributed by atoms with Crippen molar-refractivity contribution in [1.29, 1.82) is 0 Å². The summed E-state index contributed by atoms with van der Waals surface area (Å²) in [6, 6.07) is 15.1. The highest BCUT2D eigenvalue weighted by atomic mass is 79.9. The number of halogens is 1. The zero-order valence-corrected chi connectivity index (χ0v) is 16.4. The number of hydrogen-bond donors (Lipinski definition) is 1. The average molecular weight is 430 g/mol. The van der Waals surface area contributed by atoms with Crippen LogP contribution in [0.25, 0.3) is 16.2 Å². The quantitative estimate of drug-likeness (QED) is 0.430. The molecule has 4 nitrogen and oxygen atoms in total. The summed E-state index contributed by atoms with van der Waals surface area (Å²) in [6.45, 7) is 2.03. The molecule has 0 fully saturated rings. The Bertz CT molecular complexity index is 976. The molecular formula is C20H16BrNO3S. The molecule has 0 saturated heterocycles. The van der Waals surface area contributed by atoms with Crippen molar-refractivity contribution in [3.63, 3.8) is 0 Å². The summed E-state index contributed by atoms with van der Waals surface area (Å²) in [5.74, 6) is -0.734. The second-order valence-electron chi connectivity index (χ2n) is 5.40. The lowest BCUT2D eigenvalue weighted by atomic mass is 10.1. The molecule has 0 saturated carbocycles. The van der Waals surface area contributed by atoms with E-state index in [0.29, 0.717) is 10.6 Å². The van der Waals surface area contributed by atoms with Crippen molar-refractivity contribution in [3.05, 3.63) is 70.2 Å². The van der Waals surface area contributed by atoms with Crippen LogP contribution < -0.4 is 5.32 Å². The molecule has 0 unspecified atom stereocenters. The summed E-state index contributed by atoms with van der Waals surface area (Å²) in [5.41, 5.74) is 1.31.